The first kappa shape index (κ1) is 15.5. The number of rotatable bonds is 4. The van der Waals surface area contributed by atoms with Gasteiger partial charge >= 0.3 is 0 Å². The minimum atomic E-state index is -0.654. The van der Waals surface area contributed by atoms with Crippen LogP contribution in [0, 0.1) is 25.5 Å². The SMILES string of the molecule is Cc1cc(C)cc(NC(=O)CSc2ccc(F)cc2F)c1. The number of hydrogen-bond acceptors (Lipinski definition) is 2. The van der Waals surface area contributed by atoms with E-state index >= 15 is 0 Å². The van der Waals surface area contributed by atoms with Crippen molar-refractivity contribution < 1.29 is 13.6 Å². The second-order valence-electron chi connectivity index (χ2n) is 4.79. The van der Waals surface area contributed by atoms with E-state index in [1.54, 1.807) is 0 Å². The molecule has 0 radical (unpaired) electrons. The average Bonchev–Trinajstić information content (AvgIpc) is 2.36. The van der Waals surface area contributed by atoms with Gasteiger partial charge in [0.25, 0.3) is 0 Å². The smallest absolute Gasteiger partial charge is 0.234 e. The first-order valence-corrected chi connectivity index (χ1v) is 7.38. The summed E-state index contributed by atoms with van der Waals surface area (Å²) in [7, 11) is 0. The number of carbonyl (C=O) groups excluding carboxylic acids is 1. The van der Waals surface area contributed by atoms with Crippen molar-refractivity contribution in [2.24, 2.45) is 0 Å². The molecule has 2 nitrogen and oxygen atoms in total. The molecule has 2 aromatic carbocycles. The summed E-state index contributed by atoms with van der Waals surface area (Å²) in [6.07, 6.45) is 0. The monoisotopic (exact) mass is 307 g/mol. The molecule has 0 saturated heterocycles. The number of thioether (sulfide) groups is 1. The Kier molecular flexibility index (Phi) is 4.96. The van der Waals surface area contributed by atoms with Gasteiger partial charge in [0, 0.05) is 16.6 Å². The van der Waals surface area contributed by atoms with E-state index in [2.05, 4.69) is 5.32 Å². The third-order valence-corrected chi connectivity index (χ3v) is 3.81. The van der Waals surface area contributed by atoms with Crippen LogP contribution in [0.3, 0.4) is 0 Å². The Balaban J connectivity index is 1.95. The fraction of sp³-hybridized carbons (Fsp3) is 0.188. The van der Waals surface area contributed by atoms with E-state index in [1.165, 1.54) is 12.1 Å². The molecular formula is C16H15F2NOS. The van der Waals surface area contributed by atoms with Gasteiger partial charge in [-0.1, -0.05) is 6.07 Å². The molecule has 0 aromatic heterocycles. The summed E-state index contributed by atoms with van der Waals surface area (Å²) < 4.78 is 26.2. The maximum Gasteiger partial charge on any atom is 0.234 e. The zero-order valence-electron chi connectivity index (χ0n) is 11.7. The highest BCUT2D eigenvalue weighted by Crippen LogP contribution is 2.22. The van der Waals surface area contributed by atoms with Gasteiger partial charge in [0.2, 0.25) is 5.91 Å². The molecule has 2 aromatic rings. The van der Waals surface area contributed by atoms with Crippen molar-refractivity contribution in [2.45, 2.75) is 18.7 Å². The summed E-state index contributed by atoms with van der Waals surface area (Å²) in [5.74, 6) is -1.44. The molecule has 0 heterocycles. The van der Waals surface area contributed by atoms with Gasteiger partial charge in [-0.05, 0) is 49.2 Å². The molecule has 0 aliphatic carbocycles. The van der Waals surface area contributed by atoms with Gasteiger partial charge in [0.05, 0.1) is 5.75 Å². The van der Waals surface area contributed by atoms with Crippen molar-refractivity contribution in [3.63, 3.8) is 0 Å². The normalized spacial score (nSPS) is 10.5. The number of carbonyl (C=O) groups is 1. The summed E-state index contributed by atoms with van der Waals surface area (Å²) >= 11 is 1.04. The van der Waals surface area contributed by atoms with E-state index in [1.807, 2.05) is 32.0 Å². The van der Waals surface area contributed by atoms with E-state index < -0.39 is 11.6 Å². The Bertz CT molecular complexity index is 653. The fourth-order valence-electron chi connectivity index (χ4n) is 1.98. The Morgan fingerprint density at radius 1 is 1.10 bits per heavy atom. The highest BCUT2D eigenvalue weighted by atomic mass is 32.2. The highest BCUT2D eigenvalue weighted by Gasteiger charge is 2.08. The standard InChI is InChI=1S/C16H15F2NOS/c1-10-5-11(2)7-13(6-10)19-16(20)9-21-15-4-3-12(17)8-14(15)18/h3-8H,9H2,1-2H3,(H,19,20). The van der Waals surface area contributed by atoms with Crippen LogP contribution in [0.25, 0.3) is 0 Å². The van der Waals surface area contributed by atoms with Crippen molar-refractivity contribution in [1.82, 2.24) is 0 Å². The average molecular weight is 307 g/mol. The van der Waals surface area contributed by atoms with Crippen LogP contribution in [0.2, 0.25) is 0 Å². The van der Waals surface area contributed by atoms with E-state index in [4.69, 9.17) is 0 Å². The Labute approximate surface area is 126 Å². The molecule has 0 fully saturated rings. The lowest BCUT2D eigenvalue weighted by Gasteiger charge is -2.08. The first-order valence-electron chi connectivity index (χ1n) is 6.40. The number of benzene rings is 2. The molecule has 0 atom stereocenters. The summed E-state index contributed by atoms with van der Waals surface area (Å²) in [6, 6.07) is 9.07. The Hall–Kier alpha value is -1.88. The maximum atomic E-state index is 13.4. The van der Waals surface area contributed by atoms with Crippen LogP contribution in [-0.2, 0) is 4.79 Å². The molecule has 0 unspecified atom stereocenters. The number of hydrogen-bond donors (Lipinski definition) is 1. The molecule has 2 rings (SSSR count). The third-order valence-electron chi connectivity index (χ3n) is 2.76. The van der Waals surface area contributed by atoms with Crippen molar-refractivity contribution in [3.05, 3.63) is 59.2 Å². The van der Waals surface area contributed by atoms with Crippen LogP contribution in [0.5, 0.6) is 0 Å². The second-order valence-corrected chi connectivity index (χ2v) is 5.81. The van der Waals surface area contributed by atoms with Crippen LogP contribution < -0.4 is 5.32 Å². The van der Waals surface area contributed by atoms with Gasteiger partial charge in [-0.2, -0.15) is 0 Å². The van der Waals surface area contributed by atoms with E-state index in [-0.39, 0.29) is 16.6 Å². The zero-order valence-corrected chi connectivity index (χ0v) is 12.6. The second kappa shape index (κ2) is 6.72. The molecule has 1 N–H and O–H groups in total. The van der Waals surface area contributed by atoms with E-state index in [0.29, 0.717) is 0 Å². The predicted octanol–water partition coefficient (Wildman–Crippen LogP) is 4.31. The van der Waals surface area contributed by atoms with Crippen LogP contribution >= 0.6 is 11.8 Å². The lowest BCUT2D eigenvalue weighted by atomic mass is 10.1. The van der Waals surface area contributed by atoms with Crippen molar-refractivity contribution in [2.75, 3.05) is 11.1 Å². The van der Waals surface area contributed by atoms with Crippen LogP contribution in [-0.4, -0.2) is 11.7 Å². The molecule has 0 saturated carbocycles. The summed E-state index contributed by atoms with van der Waals surface area (Å²) in [5, 5.41) is 2.77. The lowest BCUT2D eigenvalue weighted by Crippen LogP contribution is -2.14. The maximum absolute atomic E-state index is 13.4. The van der Waals surface area contributed by atoms with Crippen LogP contribution in [0.15, 0.2) is 41.3 Å². The van der Waals surface area contributed by atoms with Gasteiger partial charge in [0.15, 0.2) is 0 Å². The number of nitrogens with one attached hydrogen (secondary N) is 1. The zero-order chi connectivity index (χ0) is 15.4. The molecule has 0 aliphatic rings. The molecule has 0 bridgehead atoms. The summed E-state index contributed by atoms with van der Waals surface area (Å²) in [4.78, 5) is 12.1. The Morgan fingerprint density at radius 2 is 1.76 bits per heavy atom. The molecule has 21 heavy (non-hydrogen) atoms. The van der Waals surface area contributed by atoms with Gasteiger partial charge in [-0.3, -0.25) is 4.79 Å². The molecule has 1 amide bonds. The molecule has 0 spiro atoms. The lowest BCUT2D eigenvalue weighted by molar-refractivity contribution is -0.113. The number of halogens is 2. The molecular weight excluding hydrogens is 292 g/mol. The minimum Gasteiger partial charge on any atom is -0.325 e. The summed E-state index contributed by atoms with van der Waals surface area (Å²) in [6.45, 7) is 3.90. The topological polar surface area (TPSA) is 29.1 Å². The largest absolute Gasteiger partial charge is 0.325 e. The summed E-state index contributed by atoms with van der Waals surface area (Å²) in [5.41, 5.74) is 2.84. The number of anilines is 1. The third kappa shape index (κ3) is 4.56. The van der Waals surface area contributed by atoms with Gasteiger partial charge in [0.1, 0.15) is 11.6 Å². The predicted molar refractivity (Wildman–Crippen MR) is 81.6 cm³/mol. The molecule has 5 heteroatoms. The quantitative estimate of drug-likeness (QED) is 0.853. The Morgan fingerprint density at radius 3 is 2.38 bits per heavy atom. The van der Waals surface area contributed by atoms with Gasteiger partial charge < -0.3 is 5.32 Å². The van der Waals surface area contributed by atoms with Crippen LogP contribution in [0.4, 0.5) is 14.5 Å². The molecule has 110 valence electrons. The minimum absolute atomic E-state index is 0.0650. The number of amides is 1. The van der Waals surface area contributed by atoms with E-state index in [9.17, 15) is 13.6 Å². The number of aryl methyl sites for hydroxylation is 2. The van der Waals surface area contributed by atoms with Crippen molar-refractivity contribution in [3.8, 4) is 0 Å². The highest BCUT2D eigenvalue weighted by molar-refractivity contribution is 8.00. The van der Waals surface area contributed by atoms with Crippen molar-refractivity contribution in [1.29, 1.82) is 0 Å². The van der Waals surface area contributed by atoms with Crippen LogP contribution in [0.1, 0.15) is 11.1 Å². The van der Waals surface area contributed by atoms with Gasteiger partial charge in [-0.15, -0.1) is 11.8 Å². The van der Waals surface area contributed by atoms with E-state index in [0.717, 1.165) is 34.6 Å². The first-order chi connectivity index (χ1) is 9.94. The fourth-order valence-corrected chi connectivity index (χ4v) is 2.70. The van der Waals surface area contributed by atoms with Crippen molar-refractivity contribution >= 4 is 23.4 Å². The van der Waals surface area contributed by atoms with Gasteiger partial charge in [-0.25, -0.2) is 8.78 Å². The molecule has 0 aliphatic heterocycles.